The molecular formula is C23H23FN2O3. The molecule has 5 nitrogen and oxygen atoms in total. The Morgan fingerprint density at radius 1 is 1.10 bits per heavy atom. The van der Waals surface area contributed by atoms with E-state index in [1.54, 1.807) is 18.2 Å². The van der Waals surface area contributed by atoms with Gasteiger partial charge in [-0.3, -0.25) is 9.78 Å². The predicted octanol–water partition coefficient (Wildman–Crippen LogP) is 5.06. The molecule has 0 saturated heterocycles. The highest BCUT2D eigenvalue weighted by molar-refractivity contribution is 6.06. The van der Waals surface area contributed by atoms with Crippen LogP contribution in [0.5, 0.6) is 11.5 Å². The maximum Gasteiger partial charge on any atom is 0.259 e. The minimum absolute atomic E-state index is 0.139. The molecule has 0 spiro atoms. The molecule has 0 bridgehead atoms. The maximum atomic E-state index is 13.2. The van der Waals surface area contributed by atoms with Gasteiger partial charge >= 0.3 is 0 Å². The summed E-state index contributed by atoms with van der Waals surface area (Å²) in [5, 5.41) is 11.9. The number of aliphatic hydroxyl groups is 1. The third kappa shape index (κ3) is 5.18. The first-order valence-corrected chi connectivity index (χ1v) is 9.21. The number of hydrogen-bond donors (Lipinski definition) is 2. The van der Waals surface area contributed by atoms with Gasteiger partial charge in [0.05, 0.1) is 29.7 Å². The van der Waals surface area contributed by atoms with Crippen molar-refractivity contribution in [2.24, 2.45) is 0 Å². The molecule has 0 unspecified atom stereocenters. The average Bonchev–Trinajstić information content (AvgIpc) is 2.69. The number of aliphatic hydroxyl groups excluding tert-OH is 1. The van der Waals surface area contributed by atoms with Crippen LogP contribution in [0.25, 0.3) is 0 Å². The van der Waals surface area contributed by atoms with Crippen molar-refractivity contribution in [3.8, 4) is 11.5 Å². The molecule has 3 aromatic rings. The first-order chi connectivity index (χ1) is 13.8. The Morgan fingerprint density at radius 3 is 2.41 bits per heavy atom. The number of carbonyl (C=O) groups is 1. The van der Waals surface area contributed by atoms with Gasteiger partial charge in [0, 0.05) is 0 Å². The molecule has 2 aromatic carbocycles. The van der Waals surface area contributed by atoms with Gasteiger partial charge in [0.15, 0.2) is 0 Å². The van der Waals surface area contributed by atoms with Crippen LogP contribution in [-0.2, 0) is 12.0 Å². The first-order valence-electron chi connectivity index (χ1n) is 9.21. The van der Waals surface area contributed by atoms with Gasteiger partial charge in [0.25, 0.3) is 5.91 Å². The SMILES string of the molecule is CC(C)(C)c1ccc(C(=O)Nc2ccc(CO)nc2)c(Oc2ccc(F)cc2)c1. The summed E-state index contributed by atoms with van der Waals surface area (Å²) in [7, 11) is 0. The number of ether oxygens (including phenoxy) is 1. The summed E-state index contributed by atoms with van der Waals surface area (Å²) < 4.78 is 19.1. The number of anilines is 1. The van der Waals surface area contributed by atoms with Crippen LogP contribution < -0.4 is 10.1 Å². The smallest absolute Gasteiger partial charge is 0.259 e. The lowest BCUT2D eigenvalue weighted by atomic mass is 9.86. The van der Waals surface area contributed by atoms with E-state index < -0.39 is 0 Å². The lowest BCUT2D eigenvalue weighted by Gasteiger charge is -2.21. The molecule has 2 N–H and O–H groups in total. The Morgan fingerprint density at radius 2 is 1.83 bits per heavy atom. The molecule has 0 saturated carbocycles. The van der Waals surface area contributed by atoms with E-state index in [9.17, 15) is 9.18 Å². The normalized spacial score (nSPS) is 11.2. The third-order valence-electron chi connectivity index (χ3n) is 4.38. The highest BCUT2D eigenvalue weighted by Crippen LogP contribution is 2.32. The number of amides is 1. The molecule has 3 rings (SSSR count). The van der Waals surface area contributed by atoms with E-state index in [0.29, 0.717) is 28.4 Å². The fraction of sp³-hybridized carbons (Fsp3) is 0.217. The summed E-state index contributed by atoms with van der Waals surface area (Å²) in [4.78, 5) is 16.9. The Hall–Kier alpha value is -3.25. The lowest BCUT2D eigenvalue weighted by Crippen LogP contribution is -2.16. The van der Waals surface area contributed by atoms with E-state index in [-0.39, 0.29) is 23.7 Å². The van der Waals surface area contributed by atoms with Gasteiger partial charge in [-0.05, 0) is 59.5 Å². The second-order valence-electron chi connectivity index (χ2n) is 7.67. The predicted molar refractivity (Wildman–Crippen MR) is 110 cm³/mol. The van der Waals surface area contributed by atoms with Gasteiger partial charge in [-0.1, -0.05) is 26.8 Å². The molecule has 0 aliphatic rings. The summed E-state index contributed by atoms with van der Waals surface area (Å²) in [5.74, 6) is 0.0839. The Balaban J connectivity index is 1.92. The van der Waals surface area contributed by atoms with Crippen LogP contribution in [0.3, 0.4) is 0 Å². The summed E-state index contributed by atoms with van der Waals surface area (Å²) in [6.07, 6.45) is 1.48. The van der Waals surface area contributed by atoms with Crippen molar-refractivity contribution >= 4 is 11.6 Å². The van der Waals surface area contributed by atoms with Gasteiger partial charge in [-0.25, -0.2) is 4.39 Å². The molecular weight excluding hydrogens is 371 g/mol. The number of aromatic nitrogens is 1. The van der Waals surface area contributed by atoms with Gasteiger partial charge in [-0.2, -0.15) is 0 Å². The van der Waals surface area contributed by atoms with Crippen molar-refractivity contribution in [2.75, 3.05) is 5.32 Å². The second kappa shape index (κ2) is 8.41. The Kier molecular flexibility index (Phi) is 5.94. The van der Waals surface area contributed by atoms with Crippen molar-refractivity contribution in [2.45, 2.75) is 32.8 Å². The van der Waals surface area contributed by atoms with Crippen molar-refractivity contribution < 1.29 is 19.0 Å². The van der Waals surface area contributed by atoms with Crippen molar-refractivity contribution in [3.05, 3.63) is 83.4 Å². The number of nitrogens with zero attached hydrogens (tertiary/aromatic N) is 1. The zero-order chi connectivity index (χ0) is 21.0. The maximum absolute atomic E-state index is 13.2. The highest BCUT2D eigenvalue weighted by atomic mass is 19.1. The zero-order valence-corrected chi connectivity index (χ0v) is 16.6. The van der Waals surface area contributed by atoms with Crippen molar-refractivity contribution in [3.63, 3.8) is 0 Å². The second-order valence-corrected chi connectivity index (χ2v) is 7.67. The van der Waals surface area contributed by atoms with E-state index in [1.807, 2.05) is 12.1 Å². The zero-order valence-electron chi connectivity index (χ0n) is 16.6. The molecule has 1 amide bonds. The molecule has 0 fully saturated rings. The highest BCUT2D eigenvalue weighted by Gasteiger charge is 2.20. The number of halogens is 1. The fourth-order valence-electron chi connectivity index (χ4n) is 2.68. The van der Waals surface area contributed by atoms with E-state index >= 15 is 0 Å². The van der Waals surface area contributed by atoms with Gasteiger partial charge in [0.1, 0.15) is 17.3 Å². The van der Waals surface area contributed by atoms with E-state index in [0.717, 1.165) is 5.56 Å². The number of carbonyl (C=O) groups excluding carboxylic acids is 1. The molecule has 0 aliphatic carbocycles. The fourth-order valence-corrected chi connectivity index (χ4v) is 2.68. The van der Waals surface area contributed by atoms with Crippen LogP contribution in [-0.4, -0.2) is 16.0 Å². The van der Waals surface area contributed by atoms with Crippen LogP contribution in [0.4, 0.5) is 10.1 Å². The van der Waals surface area contributed by atoms with E-state index in [2.05, 4.69) is 31.1 Å². The van der Waals surface area contributed by atoms with Gasteiger partial charge in [-0.15, -0.1) is 0 Å². The first kappa shape index (κ1) is 20.5. The molecule has 0 radical (unpaired) electrons. The minimum atomic E-state index is -0.363. The third-order valence-corrected chi connectivity index (χ3v) is 4.38. The summed E-state index contributed by atoms with van der Waals surface area (Å²) in [5.41, 5.74) is 2.21. The topological polar surface area (TPSA) is 71.5 Å². The van der Waals surface area contributed by atoms with Crippen LogP contribution in [0, 0.1) is 5.82 Å². The summed E-state index contributed by atoms with van der Waals surface area (Å²) >= 11 is 0. The van der Waals surface area contributed by atoms with Crippen molar-refractivity contribution in [1.29, 1.82) is 0 Å². The van der Waals surface area contributed by atoms with E-state index in [1.165, 1.54) is 30.5 Å². The van der Waals surface area contributed by atoms with Crippen LogP contribution in [0.1, 0.15) is 42.4 Å². The lowest BCUT2D eigenvalue weighted by molar-refractivity contribution is 0.102. The molecule has 1 heterocycles. The van der Waals surface area contributed by atoms with Crippen LogP contribution >= 0.6 is 0 Å². The number of pyridine rings is 1. The summed E-state index contributed by atoms with van der Waals surface area (Å²) in [6.45, 7) is 6.03. The largest absolute Gasteiger partial charge is 0.457 e. The Labute approximate surface area is 169 Å². The molecule has 1 aromatic heterocycles. The molecule has 150 valence electrons. The number of benzene rings is 2. The standard InChI is InChI=1S/C23H23FN2O3/c1-23(2,3)15-4-11-20(21(12-15)29-19-9-5-16(24)6-10-19)22(28)26-17-7-8-18(14-27)25-13-17/h4-13,27H,14H2,1-3H3,(H,26,28). The summed E-state index contributed by atoms with van der Waals surface area (Å²) in [6, 6.07) is 14.4. The molecule has 0 aliphatic heterocycles. The van der Waals surface area contributed by atoms with Crippen LogP contribution in [0.2, 0.25) is 0 Å². The molecule has 6 heteroatoms. The number of rotatable bonds is 5. The van der Waals surface area contributed by atoms with E-state index in [4.69, 9.17) is 9.84 Å². The average molecular weight is 394 g/mol. The van der Waals surface area contributed by atoms with Crippen molar-refractivity contribution in [1.82, 2.24) is 4.98 Å². The minimum Gasteiger partial charge on any atom is -0.457 e. The monoisotopic (exact) mass is 394 g/mol. The molecule has 29 heavy (non-hydrogen) atoms. The van der Waals surface area contributed by atoms with Gasteiger partial charge in [0.2, 0.25) is 0 Å². The number of nitrogens with one attached hydrogen (secondary N) is 1. The Bertz CT molecular complexity index is 994. The quantitative estimate of drug-likeness (QED) is 0.635. The number of hydrogen-bond acceptors (Lipinski definition) is 4. The van der Waals surface area contributed by atoms with Gasteiger partial charge < -0.3 is 15.2 Å². The van der Waals surface area contributed by atoms with Crippen LogP contribution in [0.15, 0.2) is 60.8 Å². The molecule has 0 atom stereocenters.